The van der Waals surface area contributed by atoms with Gasteiger partial charge in [-0.25, -0.2) is 9.78 Å². The van der Waals surface area contributed by atoms with E-state index in [2.05, 4.69) is 9.72 Å². The number of fused-ring (bicyclic) bond motifs is 1. The zero-order valence-electron chi connectivity index (χ0n) is 8.41. The zero-order valence-corrected chi connectivity index (χ0v) is 8.41. The number of pyridine rings is 1. The van der Waals surface area contributed by atoms with E-state index in [-0.39, 0.29) is 11.7 Å². The van der Waals surface area contributed by atoms with Gasteiger partial charge in [0.1, 0.15) is 11.8 Å². The SMILES string of the molecule is COC(=O)c1cc(C#N)nc2c1CCC2. The van der Waals surface area contributed by atoms with E-state index >= 15 is 0 Å². The van der Waals surface area contributed by atoms with Crippen LogP contribution < -0.4 is 0 Å². The van der Waals surface area contributed by atoms with Gasteiger partial charge in [0.05, 0.1) is 12.7 Å². The number of ether oxygens (including phenoxy) is 1. The van der Waals surface area contributed by atoms with Gasteiger partial charge in [0.15, 0.2) is 0 Å². The minimum atomic E-state index is -0.382. The van der Waals surface area contributed by atoms with Crippen LogP contribution in [0, 0.1) is 11.3 Å². The summed E-state index contributed by atoms with van der Waals surface area (Å²) in [6.45, 7) is 0. The van der Waals surface area contributed by atoms with E-state index in [4.69, 9.17) is 5.26 Å². The van der Waals surface area contributed by atoms with Gasteiger partial charge < -0.3 is 4.74 Å². The molecule has 4 heteroatoms. The summed E-state index contributed by atoms with van der Waals surface area (Å²) in [5.74, 6) is -0.382. The Balaban J connectivity index is 2.58. The third kappa shape index (κ3) is 1.57. The van der Waals surface area contributed by atoms with Gasteiger partial charge >= 0.3 is 5.97 Å². The van der Waals surface area contributed by atoms with Crippen molar-refractivity contribution in [1.29, 1.82) is 5.26 Å². The fourth-order valence-corrected chi connectivity index (χ4v) is 1.89. The molecule has 76 valence electrons. The number of hydrogen-bond acceptors (Lipinski definition) is 4. The van der Waals surface area contributed by atoms with E-state index in [1.54, 1.807) is 0 Å². The molecule has 0 N–H and O–H groups in total. The van der Waals surface area contributed by atoms with Crippen LogP contribution in [0.5, 0.6) is 0 Å². The highest BCUT2D eigenvalue weighted by atomic mass is 16.5. The summed E-state index contributed by atoms with van der Waals surface area (Å²) in [5.41, 5.74) is 2.60. The Labute approximate surface area is 87.5 Å². The second kappa shape index (κ2) is 3.70. The van der Waals surface area contributed by atoms with Crippen molar-refractivity contribution >= 4 is 5.97 Å². The van der Waals surface area contributed by atoms with Crippen LogP contribution in [0.15, 0.2) is 6.07 Å². The molecule has 0 spiro atoms. The fourth-order valence-electron chi connectivity index (χ4n) is 1.89. The normalized spacial score (nSPS) is 13.1. The predicted octanol–water partition coefficient (Wildman–Crippen LogP) is 1.23. The molecule has 1 aliphatic carbocycles. The van der Waals surface area contributed by atoms with Crippen molar-refractivity contribution in [2.24, 2.45) is 0 Å². The Morgan fingerprint density at radius 2 is 2.40 bits per heavy atom. The number of aromatic nitrogens is 1. The van der Waals surface area contributed by atoms with E-state index < -0.39 is 0 Å². The van der Waals surface area contributed by atoms with Gasteiger partial charge in [0.25, 0.3) is 0 Å². The number of rotatable bonds is 1. The van der Waals surface area contributed by atoms with Gasteiger partial charge in [-0.05, 0) is 30.9 Å². The monoisotopic (exact) mass is 202 g/mol. The average molecular weight is 202 g/mol. The maximum atomic E-state index is 11.5. The van der Waals surface area contributed by atoms with E-state index in [0.717, 1.165) is 30.5 Å². The summed E-state index contributed by atoms with van der Waals surface area (Å²) in [6, 6.07) is 3.47. The average Bonchev–Trinajstić information content (AvgIpc) is 2.74. The largest absolute Gasteiger partial charge is 0.465 e. The molecule has 4 nitrogen and oxygen atoms in total. The lowest BCUT2D eigenvalue weighted by molar-refractivity contribution is 0.0599. The molecule has 0 aliphatic heterocycles. The number of hydrogen-bond donors (Lipinski definition) is 0. The van der Waals surface area contributed by atoms with E-state index in [1.165, 1.54) is 13.2 Å². The van der Waals surface area contributed by atoms with E-state index in [1.807, 2.05) is 6.07 Å². The summed E-state index contributed by atoms with van der Waals surface area (Å²) in [4.78, 5) is 15.7. The van der Waals surface area contributed by atoms with Gasteiger partial charge in [0, 0.05) is 5.69 Å². The molecular weight excluding hydrogens is 192 g/mol. The number of methoxy groups -OCH3 is 1. The zero-order chi connectivity index (χ0) is 10.8. The van der Waals surface area contributed by atoms with Gasteiger partial charge in [-0.1, -0.05) is 0 Å². The second-order valence-corrected chi connectivity index (χ2v) is 3.44. The molecule has 1 aromatic rings. The summed E-state index contributed by atoms with van der Waals surface area (Å²) in [7, 11) is 1.34. The van der Waals surface area contributed by atoms with Crippen molar-refractivity contribution in [1.82, 2.24) is 4.98 Å². The molecule has 15 heavy (non-hydrogen) atoms. The van der Waals surface area contributed by atoms with E-state index in [0.29, 0.717) is 5.56 Å². The smallest absolute Gasteiger partial charge is 0.338 e. The van der Waals surface area contributed by atoms with Gasteiger partial charge in [-0.2, -0.15) is 5.26 Å². The quantitative estimate of drug-likeness (QED) is 0.642. The number of nitriles is 1. The second-order valence-electron chi connectivity index (χ2n) is 3.44. The van der Waals surface area contributed by atoms with Gasteiger partial charge in [0.2, 0.25) is 0 Å². The van der Waals surface area contributed by atoms with Crippen LogP contribution in [0.4, 0.5) is 0 Å². The summed E-state index contributed by atoms with van der Waals surface area (Å²) >= 11 is 0. The number of carbonyl (C=O) groups excluding carboxylic acids is 1. The van der Waals surface area contributed by atoms with Gasteiger partial charge in [-0.15, -0.1) is 0 Å². The van der Waals surface area contributed by atoms with Gasteiger partial charge in [-0.3, -0.25) is 0 Å². The van der Waals surface area contributed by atoms with Crippen molar-refractivity contribution in [3.8, 4) is 6.07 Å². The Kier molecular flexibility index (Phi) is 2.38. The molecule has 0 radical (unpaired) electrons. The highest BCUT2D eigenvalue weighted by Gasteiger charge is 2.22. The minimum absolute atomic E-state index is 0.288. The first-order valence-corrected chi connectivity index (χ1v) is 4.77. The topological polar surface area (TPSA) is 63.0 Å². The van der Waals surface area contributed by atoms with E-state index in [9.17, 15) is 4.79 Å². The number of esters is 1. The summed E-state index contributed by atoms with van der Waals surface area (Å²) < 4.78 is 4.68. The first-order valence-electron chi connectivity index (χ1n) is 4.77. The molecule has 0 bridgehead atoms. The number of aryl methyl sites for hydroxylation is 1. The predicted molar refractivity (Wildman–Crippen MR) is 52.3 cm³/mol. The lowest BCUT2D eigenvalue weighted by Crippen LogP contribution is -2.07. The van der Waals surface area contributed by atoms with Crippen LogP contribution in [0.2, 0.25) is 0 Å². The molecule has 0 atom stereocenters. The Bertz CT molecular complexity index is 460. The van der Waals surface area contributed by atoms with Crippen molar-refractivity contribution in [3.63, 3.8) is 0 Å². The van der Waals surface area contributed by atoms with Crippen LogP contribution >= 0.6 is 0 Å². The molecule has 0 saturated carbocycles. The highest BCUT2D eigenvalue weighted by molar-refractivity contribution is 5.91. The van der Waals surface area contributed by atoms with Crippen molar-refractivity contribution < 1.29 is 9.53 Å². The third-order valence-corrected chi connectivity index (χ3v) is 2.57. The molecule has 1 aromatic heterocycles. The van der Waals surface area contributed by atoms with Crippen molar-refractivity contribution in [2.45, 2.75) is 19.3 Å². The molecule has 0 saturated heterocycles. The number of carbonyl (C=O) groups is 1. The van der Waals surface area contributed by atoms with Crippen LogP contribution in [-0.4, -0.2) is 18.1 Å². The Morgan fingerprint density at radius 1 is 1.60 bits per heavy atom. The number of nitrogens with zero attached hydrogens (tertiary/aromatic N) is 2. The molecule has 0 amide bonds. The molecule has 0 unspecified atom stereocenters. The van der Waals surface area contributed by atoms with Crippen LogP contribution in [0.25, 0.3) is 0 Å². The fraction of sp³-hybridized carbons (Fsp3) is 0.364. The van der Waals surface area contributed by atoms with Crippen LogP contribution in [-0.2, 0) is 17.6 Å². The van der Waals surface area contributed by atoms with Crippen LogP contribution in [0.1, 0.15) is 33.7 Å². The molecule has 0 aromatic carbocycles. The molecule has 0 fully saturated rings. The molecule has 2 rings (SSSR count). The molecule has 1 heterocycles. The third-order valence-electron chi connectivity index (χ3n) is 2.57. The van der Waals surface area contributed by atoms with Crippen molar-refractivity contribution in [3.05, 3.63) is 28.6 Å². The van der Waals surface area contributed by atoms with Crippen molar-refractivity contribution in [2.75, 3.05) is 7.11 Å². The first kappa shape index (κ1) is 9.66. The summed E-state index contributed by atoms with van der Waals surface area (Å²) in [6.07, 6.45) is 2.68. The maximum Gasteiger partial charge on any atom is 0.338 e. The lowest BCUT2D eigenvalue weighted by atomic mass is 10.1. The highest BCUT2D eigenvalue weighted by Crippen LogP contribution is 2.24. The summed E-state index contributed by atoms with van der Waals surface area (Å²) in [5, 5.41) is 8.78. The first-order chi connectivity index (χ1) is 7.26. The lowest BCUT2D eigenvalue weighted by Gasteiger charge is -2.06. The minimum Gasteiger partial charge on any atom is -0.465 e. The standard InChI is InChI=1S/C11H10N2O2/c1-15-11(14)9-5-7(6-12)13-10-4-2-3-8(9)10/h5H,2-4H2,1H3. The Morgan fingerprint density at radius 3 is 3.07 bits per heavy atom. The molecule has 1 aliphatic rings. The van der Waals surface area contributed by atoms with Crippen LogP contribution in [0.3, 0.4) is 0 Å². The Hall–Kier alpha value is -1.89. The maximum absolute atomic E-state index is 11.5. The molecular formula is C11H10N2O2.